The third-order valence-electron chi connectivity index (χ3n) is 9.90. The molecule has 0 aliphatic carbocycles. The van der Waals surface area contributed by atoms with Crippen molar-refractivity contribution >= 4 is 5.91 Å². The maximum absolute atomic E-state index is 12.1. The number of hydrogen-bond donors (Lipinski definition) is 8. The Kier molecular flexibility index (Phi) is 21.4. The Hall–Kier alpha value is -2.21. The minimum Gasteiger partial charge on any atom is -0.497 e. The summed E-state index contributed by atoms with van der Waals surface area (Å²) in [5.41, 5.74) is 1.17. The van der Waals surface area contributed by atoms with Crippen LogP contribution in [0.2, 0.25) is 0 Å². The van der Waals surface area contributed by atoms with E-state index < -0.39 is 74.6 Å². The van der Waals surface area contributed by atoms with Gasteiger partial charge in [0, 0.05) is 13.0 Å². The average Bonchev–Trinajstić information content (AvgIpc) is 3.16. The number of hydrogen-bond acceptors (Lipinski definition) is 13. The van der Waals surface area contributed by atoms with E-state index in [1.807, 2.05) is 31.2 Å². The number of ether oxygens (including phenoxy) is 5. The lowest BCUT2D eigenvalue weighted by atomic mass is 9.97. The van der Waals surface area contributed by atoms with E-state index in [0.29, 0.717) is 19.4 Å². The summed E-state index contributed by atoms with van der Waals surface area (Å²) in [7, 11) is 1.65. The van der Waals surface area contributed by atoms with Crippen LogP contribution < -0.4 is 10.1 Å². The summed E-state index contributed by atoms with van der Waals surface area (Å²) in [5.74, 6) is 0.950. The van der Waals surface area contributed by atoms with Crippen molar-refractivity contribution in [3.8, 4) is 5.75 Å². The Balaban J connectivity index is 1.21. The monoisotopic (exact) mass is 755 g/mol. The van der Waals surface area contributed by atoms with Crippen LogP contribution in [0.25, 0.3) is 0 Å². The summed E-state index contributed by atoms with van der Waals surface area (Å²) in [6.45, 7) is 1.25. The van der Waals surface area contributed by atoms with Crippen LogP contribution in [-0.4, -0.2) is 136 Å². The Bertz CT molecular complexity index is 1150. The third kappa shape index (κ3) is 15.5. The minimum atomic E-state index is -1.72. The second kappa shape index (κ2) is 25.0. The van der Waals surface area contributed by atoms with Gasteiger partial charge in [0.05, 0.1) is 26.4 Å². The van der Waals surface area contributed by atoms with E-state index in [9.17, 15) is 40.5 Å². The standard InChI is InChI=1S/C39H65NO13/c1-26(50-39-37(35(47)33(45)30(25-42)52-39)53-38-36(48)34(46)32(44)29(24-41)51-38)16-14-12-10-8-6-4-3-5-7-9-11-13-15-17-31(43)40-23-22-27-18-20-28(49-2)21-19-27/h3-4,18-21,26,29-30,32-39,41-42,44-48H,5-17,22-25H2,1-2H3,(H,40,43)/b4-3+/t26?,29-,30-,32-,33-,34+,35+,36-,37-,38+,39-/m1/s1. The van der Waals surface area contributed by atoms with Crippen LogP contribution in [0, 0.1) is 0 Å². The van der Waals surface area contributed by atoms with Crippen LogP contribution >= 0.6 is 0 Å². The van der Waals surface area contributed by atoms with Crippen LogP contribution in [0.5, 0.6) is 5.75 Å². The van der Waals surface area contributed by atoms with Gasteiger partial charge in [0.2, 0.25) is 5.91 Å². The maximum atomic E-state index is 12.1. The summed E-state index contributed by atoms with van der Waals surface area (Å²) in [5, 5.41) is 74.0. The smallest absolute Gasteiger partial charge is 0.220 e. The van der Waals surface area contributed by atoms with Gasteiger partial charge in [0.15, 0.2) is 12.6 Å². The van der Waals surface area contributed by atoms with Gasteiger partial charge in [-0.25, -0.2) is 0 Å². The lowest BCUT2D eigenvalue weighted by molar-refractivity contribution is -0.371. The van der Waals surface area contributed by atoms with Crippen LogP contribution in [0.3, 0.4) is 0 Å². The van der Waals surface area contributed by atoms with Crippen molar-refractivity contribution in [1.82, 2.24) is 5.32 Å². The number of rotatable bonds is 25. The lowest BCUT2D eigenvalue weighted by Gasteiger charge is -2.46. The Morgan fingerprint density at radius 1 is 0.755 bits per heavy atom. The molecule has 0 aromatic heterocycles. The van der Waals surface area contributed by atoms with Crippen LogP contribution in [0.15, 0.2) is 36.4 Å². The Morgan fingerprint density at radius 2 is 1.32 bits per heavy atom. The molecule has 1 aromatic carbocycles. The van der Waals surface area contributed by atoms with Gasteiger partial charge in [-0.1, -0.05) is 62.8 Å². The molecular weight excluding hydrogens is 690 g/mol. The predicted octanol–water partition coefficient (Wildman–Crippen LogP) is 2.01. The topological polar surface area (TPSA) is 217 Å². The van der Waals surface area contributed by atoms with Gasteiger partial charge in [-0.2, -0.15) is 0 Å². The van der Waals surface area contributed by atoms with Gasteiger partial charge in [-0.05, 0) is 69.6 Å². The normalized spacial score (nSPS) is 29.7. The number of aliphatic hydroxyl groups excluding tert-OH is 7. The van der Waals surface area contributed by atoms with E-state index in [0.717, 1.165) is 82.8 Å². The molecule has 53 heavy (non-hydrogen) atoms. The first-order valence-corrected chi connectivity index (χ1v) is 19.4. The molecule has 0 spiro atoms. The first-order chi connectivity index (χ1) is 25.6. The highest BCUT2D eigenvalue weighted by molar-refractivity contribution is 5.75. The number of amides is 1. The van der Waals surface area contributed by atoms with Gasteiger partial charge >= 0.3 is 0 Å². The highest BCUT2D eigenvalue weighted by atomic mass is 16.8. The van der Waals surface area contributed by atoms with Gasteiger partial charge in [0.1, 0.15) is 54.6 Å². The molecule has 11 atom stereocenters. The molecule has 1 aromatic rings. The highest BCUT2D eigenvalue weighted by Gasteiger charge is 2.51. The second-order valence-electron chi connectivity index (χ2n) is 14.2. The average molecular weight is 756 g/mol. The summed E-state index contributed by atoms with van der Waals surface area (Å²) in [6.07, 6.45) is 3.12. The van der Waals surface area contributed by atoms with Crippen molar-refractivity contribution in [3.63, 3.8) is 0 Å². The van der Waals surface area contributed by atoms with E-state index in [-0.39, 0.29) is 12.0 Å². The van der Waals surface area contributed by atoms with Crippen LogP contribution in [0.1, 0.15) is 96.0 Å². The molecule has 14 nitrogen and oxygen atoms in total. The molecule has 14 heteroatoms. The summed E-state index contributed by atoms with van der Waals surface area (Å²) < 4.78 is 28.0. The number of unbranched alkanes of at least 4 members (excludes halogenated alkanes) is 9. The molecule has 0 saturated carbocycles. The summed E-state index contributed by atoms with van der Waals surface area (Å²) in [6, 6.07) is 7.90. The minimum absolute atomic E-state index is 0.119. The number of benzene rings is 1. The van der Waals surface area contributed by atoms with E-state index in [1.54, 1.807) is 7.11 Å². The fourth-order valence-electron chi connectivity index (χ4n) is 6.53. The zero-order valence-electron chi connectivity index (χ0n) is 31.4. The Morgan fingerprint density at radius 3 is 1.94 bits per heavy atom. The van der Waals surface area contributed by atoms with Gasteiger partial charge in [0.25, 0.3) is 0 Å². The molecule has 2 aliphatic rings. The number of nitrogens with one attached hydrogen (secondary N) is 1. The van der Waals surface area contributed by atoms with Gasteiger partial charge in [-0.15, -0.1) is 0 Å². The van der Waals surface area contributed by atoms with E-state index in [1.165, 1.54) is 5.56 Å². The molecule has 1 unspecified atom stereocenters. The molecule has 3 rings (SSSR count). The fraction of sp³-hybridized carbons (Fsp3) is 0.769. The van der Waals surface area contributed by atoms with E-state index in [2.05, 4.69) is 17.5 Å². The predicted molar refractivity (Wildman–Crippen MR) is 196 cm³/mol. The van der Waals surface area contributed by atoms with Crippen LogP contribution in [-0.2, 0) is 30.2 Å². The molecule has 304 valence electrons. The fourth-order valence-corrected chi connectivity index (χ4v) is 6.53. The SMILES string of the molecule is COc1ccc(CCNC(=O)CCCCCCC/C=C/CCCCCCC(C)O[C@@H]2O[C@H](CO)[C@@H](O)[C@H](O)[C@H]2O[C@@H]2O[C@H](CO)[C@@H](O)[C@H](O)[C@H]2O)cc1. The number of carbonyl (C=O) groups excluding carboxylic acids is 1. The number of aliphatic hydroxyl groups is 7. The molecule has 1 amide bonds. The van der Waals surface area contributed by atoms with Gasteiger partial charge < -0.3 is 64.7 Å². The molecule has 2 fully saturated rings. The first kappa shape index (κ1) is 45.2. The lowest BCUT2D eigenvalue weighted by Crippen LogP contribution is -2.64. The number of carbonyl (C=O) groups is 1. The molecule has 8 N–H and O–H groups in total. The molecule has 2 saturated heterocycles. The van der Waals surface area contributed by atoms with Crippen molar-refractivity contribution in [1.29, 1.82) is 0 Å². The summed E-state index contributed by atoms with van der Waals surface area (Å²) in [4.78, 5) is 12.1. The maximum Gasteiger partial charge on any atom is 0.220 e. The van der Waals surface area contributed by atoms with Crippen molar-refractivity contribution in [2.24, 2.45) is 0 Å². The first-order valence-electron chi connectivity index (χ1n) is 19.4. The van der Waals surface area contributed by atoms with Crippen molar-refractivity contribution < 1.29 is 64.2 Å². The van der Waals surface area contributed by atoms with Gasteiger partial charge in [-0.3, -0.25) is 4.79 Å². The van der Waals surface area contributed by atoms with Crippen LogP contribution in [0.4, 0.5) is 0 Å². The quantitative estimate of drug-likeness (QED) is 0.0530. The Labute approximate surface area is 314 Å². The molecule has 0 radical (unpaired) electrons. The number of allylic oxidation sites excluding steroid dienone is 2. The second-order valence-corrected chi connectivity index (χ2v) is 14.2. The zero-order chi connectivity index (χ0) is 38.6. The molecular formula is C39H65NO13. The van der Waals surface area contributed by atoms with Crippen molar-refractivity contribution in [2.45, 2.75) is 164 Å². The largest absolute Gasteiger partial charge is 0.497 e. The number of methoxy groups -OCH3 is 1. The molecule has 2 aliphatic heterocycles. The van der Waals surface area contributed by atoms with E-state index >= 15 is 0 Å². The zero-order valence-corrected chi connectivity index (χ0v) is 31.4. The van der Waals surface area contributed by atoms with Crippen molar-refractivity contribution in [3.05, 3.63) is 42.0 Å². The molecule has 0 bridgehead atoms. The van der Waals surface area contributed by atoms with E-state index in [4.69, 9.17) is 23.7 Å². The molecule has 2 heterocycles. The third-order valence-corrected chi connectivity index (χ3v) is 9.90. The highest BCUT2D eigenvalue weighted by Crippen LogP contribution is 2.30. The van der Waals surface area contributed by atoms with Crippen molar-refractivity contribution in [2.75, 3.05) is 26.9 Å². The summed E-state index contributed by atoms with van der Waals surface area (Å²) >= 11 is 0.